The van der Waals surface area contributed by atoms with Gasteiger partial charge >= 0.3 is 0 Å². The molecule has 19 heavy (non-hydrogen) atoms. The standard InChI is InChI=1S/C14H10O5/c1-3-6-7(4-2)12(17)10-8(11(6)16)5-9(15)13(18)14(10)19/h3-5,15,18-19H,1-2H2. The molecule has 1 aliphatic carbocycles. The Hall–Kier alpha value is -2.82. The number of carbonyl (C=O) groups is 2. The molecule has 0 saturated carbocycles. The van der Waals surface area contributed by atoms with Gasteiger partial charge in [-0.1, -0.05) is 25.3 Å². The zero-order chi connectivity index (χ0) is 14.3. The first-order valence-electron chi connectivity index (χ1n) is 5.30. The second-order valence-corrected chi connectivity index (χ2v) is 3.91. The van der Waals surface area contributed by atoms with Gasteiger partial charge in [0.25, 0.3) is 0 Å². The molecule has 0 amide bonds. The van der Waals surface area contributed by atoms with Crippen LogP contribution in [0, 0.1) is 0 Å². The Kier molecular flexibility index (Phi) is 2.75. The molecule has 2 rings (SSSR count). The van der Waals surface area contributed by atoms with Gasteiger partial charge in [-0.3, -0.25) is 9.59 Å². The van der Waals surface area contributed by atoms with Gasteiger partial charge in [0.15, 0.2) is 23.1 Å². The highest BCUT2D eigenvalue weighted by Gasteiger charge is 2.34. The Morgan fingerprint density at radius 1 is 0.895 bits per heavy atom. The number of phenols is 3. The number of allylic oxidation sites excluding steroid dienone is 4. The number of ketones is 2. The van der Waals surface area contributed by atoms with E-state index < -0.39 is 28.8 Å². The molecule has 0 heterocycles. The van der Waals surface area contributed by atoms with Crippen molar-refractivity contribution in [1.29, 1.82) is 0 Å². The second-order valence-electron chi connectivity index (χ2n) is 3.91. The number of rotatable bonds is 2. The molecule has 5 heteroatoms. The van der Waals surface area contributed by atoms with Crippen LogP contribution in [0.3, 0.4) is 0 Å². The molecule has 1 aliphatic rings. The van der Waals surface area contributed by atoms with Crippen LogP contribution in [0.1, 0.15) is 20.7 Å². The molecule has 0 saturated heterocycles. The van der Waals surface area contributed by atoms with Crippen LogP contribution in [-0.4, -0.2) is 26.9 Å². The molecule has 0 spiro atoms. The van der Waals surface area contributed by atoms with Gasteiger partial charge in [0.1, 0.15) is 0 Å². The minimum Gasteiger partial charge on any atom is -0.504 e. The van der Waals surface area contributed by atoms with Gasteiger partial charge in [-0.05, 0) is 6.07 Å². The molecule has 0 aliphatic heterocycles. The van der Waals surface area contributed by atoms with Gasteiger partial charge in [-0.15, -0.1) is 0 Å². The summed E-state index contributed by atoms with van der Waals surface area (Å²) in [5.74, 6) is -3.58. The van der Waals surface area contributed by atoms with Crippen LogP contribution in [0.25, 0.3) is 0 Å². The maximum absolute atomic E-state index is 12.2. The van der Waals surface area contributed by atoms with E-state index in [4.69, 9.17) is 0 Å². The van der Waals surface area contributed by atoms with Crippen LogP contribution < -0.4 is 0 Å². The van der Waals surface area contributed by atoms with Crippen molar-refractivity contribution in [2.45, 2.75) is 0 Å². The number of fused-ring (bicyclic) bond motifs is 1. The van der Waals surface area contributed by atoms with E-state index in [1.54, 1.807) is 0 Å². The minimum atomic E-state index is -0.842. The van der Waals surface area contributed by atoms with Crippen molar-refractivity contribution in [1.82, 2.24) is 0 Å². The van der Waals surface area contributed by atoms with Crippen LogP contribution in [0.15, 0.2) is 42.5 Å². The van der Waals surface area contributed by atoms with Crippen molar-refractivity contribution in [3.8, 4) is 17.2 Å². The van der Waals surface area contributed by atoms with E-state index in [2.05, 4.69) is 13.2 Å². The maximum atomic E-state index is 12.2. The fourth-order valence-electron chi connectivity index (χ4n) is 1.98. The third kappa shape index (κ3) is 1.55. The smallest absolute Gasteiger partial charge is 0.201 e. The largest absolute Gasteiger partial charge is 0.504 e. The first-order valence-corrected chi connectivity index (χ1v) is 5.30. The van der Waals surface area contributed by atoms with E-state index in [1.165, 1.54) is 12.2 Å². The van der Waals surface area contributed by atoms with Gasteiger partial charge in [0.05, 0.1) is 5.56 Å². The molecule has 0 unspecified atom stereocenters. The predicted octanol–water partition coefficient (Wildman–Crippen LogP) is 1.85. The van der Waals surface area contributed by atoms with Gasteiger partial charge < -0.3 is 15.3 Å². The third-order valence-electron chi connectivity index (χ3n) is 2.91. The molecule has 0 aromatic heterocycles. The lowest BCUT2D eigenvalue weighted by Crippen LogP contribution is -2.20. The molecule has 0 radical (unpaired) electrons. The van der Waals surface area contributed by atoms with Crippen molar-refractivity contribution < 1.29 is 24.9 Å². The molecule has 0 bridgehead atoms. The summed E-state index contributed by atoms with van der Waals surface area (Å²) in [6, 6.07) is 0.938. The second kappa shape index (κ2) is 4.13. The van der Waals surface area contributed by atoms with Gasteiger partial charge in [0.2, 0.25) is 5.75 Å². The van der Waals surface area contributed by atoms with Gasteiger partial charge in [-0.25, -0.2) is 0 Å². The summed E-state index contributed by atoms with van der Waals surface area (Å²) in [5, 5.41) is 28.5. The first-order chi connectivity index (χ1) is 8.93. The first kappa shape index (κ1) is 12.6. The number of phenolic OH excluding ortho intramolecular Hbond substituents is 3. The summed E-state index contributed by atoms with van der Waals surface area (Å²) < 4.78 is 0. The molecule has 0 fully saturated rings. The summed E-state index contributed by atoms with van der Waals surface area (Å²) in [5.41, 5.74) is -0.496. The molecule has 96 valence electrons. The number of Topliss-reactive ketones (excluding diaryl/α,β-unsaturated/α-hetero) is 2. The number of hydrogen-bond acceptors (Lipinski definition) is 5. The fraction of sp³-hybridized carbons (Fsp3) is 0. The summed E-state index contributed by atoms with van der Waals surface area (Å²) in [4.78, 5) is 24.3. The zero-order valence-electron chi connectivity index (χ0n) is 9.80. The predicted molar refractivity (Wildman–Crippen MR) is 67.5 cm³/mol. The van der Waals surface area contributed by atoms with Crippen LogP contribution >= 0.6 is 0 Å². The van der Waals surface area contributed by atoms with E-state index in [0.717, 1.165) is 6.07 Å². The Labute approximate surface area is 108 Å². The third-order valence-corrected chi connectivity index (χ3v) is 2.91. The average Bonchev–Trinajstić information content (AvgIpc) is 2.39. The van der Waals surface area contributed by atoms with Crippen molar-refractivity contribution in [3.63, 3.8) is 0 Å². The number of hydrogen-bond donors (Lipinski definition) is 3. The lowest BCUT2D eigenvalue weighted by Gasteiger charge is -2.19. The highest BCUT2D eigenvalue weighted by molar-refractivity contribution is 6.30. The van der Waals surface area contributed by atoms with Crippen molar-refractivity contribution in [2.24, 2.45) is 0 Å². The summed E-state index contributed by atoms with van der Waals surface area (Å²) >= 11 is 0. The van der Waals surface area contributed by atoms with Crippen molar-refractivity contribution >= 4 is 11.6 Å². The normalized spacial score (nSPS) is 14.3. The van der Waals surface area contributed by atoms with Crippen LogP contribution in [-0.2, 0) is 0 Å². The topological polar surface area (TPSA) is 94.8 Å². The quantitative estimate of drug-likeness (QED) is 0.704. The van der Waals surface area contributed by atoms with E-state index >= 15 is 0 Å². The minimum absolute atomic E-state index is 0.00658. The van der Waals surface area contributed by atoms with E-state index in [0.29, 0.717) is 0 Å². The maximum Gasteiger partial charge on any atom is 0.201 e. The molecule has 1 aromatic carbocycles. The van der Waals surface area contributed by atoms with E-state index in [1.807, 2.05) is 0 Å². The highest BCUT2D eigenvalue weighted by atomic mass is 16.3. The Morgan fingerprint density at radius 3 is 1.95 bits per heavy atom. The molecular formula is C14H10O5. The lowest BCUT2D eigenvalue weighted by molar-refractivity contribution is 0.0977. The number of aromatic hydroxyl groups is 3. The lowest BCUT2D eigenvalue weighted by atomic mass is 9.83. The molecular weight excluding hydrogens is 248 g/mol. The molecule has 0 atom stereocenters. The summed E-state index contributed by atoms with van der Waals surface area (Å²) in [6.07, 6.45) is 2.39. The monoisotopic (exact) mass is 258 g/mol. The Balaban J connectivity index is 2.88. The number of benzene rings is 1. The number of carbonyl (C=O) groups excluding carboxylic acids is 2. The van der Waals surface area contributed by atoms with Crippen molar-refractivity contribution in [2.75, 3.05) is 0 Å². The zero-order valence-corrected chi connectivity index (χ0v) is 9.80. The Bertz CT molecular complexity index is 680. The summed E-state index contributed by atoms with van der Waals surface area (Å²) in [6.45, 7) is 6.89. The SMILES string of the molecule is C=CC1=C(C=C)C(=O)c2c(cc(O)c(O)c2O)C1=O. The fourth-order valence-corrected chi connectivity index (χ4v) is 1.98. The van der Waals surface area contributed by atoms with Crippen molar-refractivity contribution in [3.05, 3.63) is 53.6 Å². The molecule has 3 N–H and O–H groups in total. The van der Waals surface area contributed by atoms with Crippen LogP contribution in [0.5, 0.6) is 17.2 Å². The van der Waals surface area contributed by atoms with Gasteiger partial charge in [0, 0.05) is 16.7 Å². The molecule has 5 nitrogen and oxygen atoms in total. The van der Waals surface area contributed by atoms with E-state index in [9.17, 15) is 24.9 Å². The summed E-state index contributed by atoms with van der Waals surface area (Å²) in [7, 11) is 0. The van der Waals surface area contributed by atoms with Gasteiger partial charge in [-0.2, -0.15) is 0 Å². The highest BCUT2D eigenvalue weighted by Crippen LogP contribution is 2.43. The molecule has 1 aromatic rings. The average molecular weight is 258 g/mol. The van der Waals surface area contributed by atoms with Crippen LogP contribution in [0.4, 0.5) is 0 Å². The Morgan fingerprint density at radius 2 is 1.42 bits per heavy atom. The van der Waals surface area contributed by atoms with E-state index in [-0.39, 0.29) is 22.3 Å². The van der Waals surface area contributed by atoms with Crippen LogP contribution in [0.2, 0.25) is 0 Å².